The number of halogens is 1. The smallest absolute Gasteiger partial charge is 0.415 e. The fourth-order valence-corrected chi connectivity index (χ4v) is 3.21. The molecule has 0 saturated carbocycles. The van der Waals surface area contributed by atoms with Crippen LogP contribution in [0, 0.1) is 0 Å². The van der Waals surface area contributed by atoms with Crippen LogP contribution in [-0.4, -0.2) is 34.8 Å². The van der Waals surface area contributed by atoms with Gasteiger partial charge in [-0.15, -0.1) is 0 Å². The Morgan fingerprint density at radius 1 is 1.32 bits per heavy atom. The Balaban J connectivity index is 1.88. The maximum Gasteiger partial charge on any atom is 0.415 e. The quantitative estimate of drug-likeness (QED) is 0.769. The average molecular weight is 380 g/mol. The molecule has 1 aliphatic rings. The Morgan fingerprint density at radius 2 is 2.12 bits per heavy atom. The van der Waals surface area contributed by atoms with Crippen molar-refractivity contribution in [3.63, 3.8) is 0 Å². The van der Waals surface area contributed by atoms with E-state index in [0.717, 1.165) is 4.90 Å². The van der Waals surface area contributed by atoms with Gasteiger partial charge in [0.05, 0.1) is 29.5 Å². The highest BCUT2D eigenvalue weighted by molar-refractivity contribution is 7.99. The van der Waals surface area contributed by atoms with Crippen LogP contribution in [0.15, 0.2) is 40.5 Å². The third kappa shape index (κ3) is 4.35. The fourth-order valence-electron chi connectivity index (χ4n) is 2.27. The number of aromatic nitrogens is 2. The van der Waals surface area contributed by atoms with Crippen molar-refractivity contribution in [2.45, 2.75) is 36.3 Å². The zero-order valence-corrected chi connectivity index (χ0v) is 15.7. The van der Waals surface area contributed by atoms with E-state index < -0.39 is 5.60 Å². The first-order chi connectivity index (χ1) is 11.8. The predicted molar refractivity (Wildman–Crippen MR) is 96.7 cm³/mol. The summed E-state index contributed by atoms with van der Waals surface area (Å²) < 4.78 is 11.3. The Morgan fingerprint density at radius 3 is 2.80 bits per heavy atom. The predicted octanol–water partition coefficient (Wildman–Crippen LogP) is 4.42. The summed E-state index contributed by atoms with van der Waals surface area (Å²) in [5, 5.41) is 1.03. The number of nitrogens with zero attached hydrogens (tertiary/aromatic N) is 3. The number of carbonyl (C=O) groups is 1. The molecular formula is C17H18ClN3O3S. The third-order valence-electron chi connectivity index (χ3n) is 3.24. The first-order valence-corrected chi connectivity index (χ1v) is 8.95. The number of rotatable bonds is 2. The van der Waals surface area contributed by atoms with Gasteiger partial charge in [0, 0.05) is 0 Å². The molecule has 0 bridgehead atoms. The molecule has 0 N–H and O–H groups in total. The van der Waals surface area contributed by atoms with E-state index in [4.69, 9.17) is 21.1 Å². The van der Waals surface area contributed by atoms with Crippen LogP contribution in [0.25, 0.3) is 0 Å². The van der Waals surface area contributed by atoms with Crippen molar-refractivity contribution >= 4 is 35.1 Å². The molecule has 132 valence electrons. The van der Waals surface area contributed by atoms with Gasteiger partial charge in [-0.25, -0.2) is 14.8 Å². The van der Waals surface area contributed by atoms with Crippen LogP contribution >= 0.6 is 23.4 Å². The summed E-state index contributed by atoms with van der Waals surface area (Å²) in [6, 6.07) is 5.63. The average Bonchev–Trinajstić information content (AvgIpc) is 2.55. The number of fused-ring (bicyclic) bond motifs is 1. The van der Waals surface area contributed by atoms with E-state index in [1.165, 1.54) is 18.0 Å². The SMILES string of the molecule is CC(C)(C)OC(=O)N1CCOc2c(Sc3cnc(Cl)cn3)cccc21. The van der Waals surface area contributed by atoms with E-state index >= 15 is 0 Å². The van der Waals surface area contributed by atoms with Gasteiger partial charge >= 0.3 is 6.09 Å². The molecule has 0 spiro atoms. The van der Waals surface area contributed by atoms with Crippen LogP contribution in [0.3, 0.4) is 0 Å². The Bertz CT molecular complexity index is 778. The normalized spacial score (nSPS) is 13.8. The molecule has 0 fully saturated rings. The maximum absolute atomic E-state index is 12.5. The van der Waals surface area contributed by atoms with E-state index in [2.05, 4.69) is 9.97 Å². The Kier molecular flexibility index (Phi) is 5.06. The lowest BCUT2D eigenvalue weighted by atomic mass is 10.2. The van der Waals surface area contributed by atoms with Gasteiger partial charge < -0.3 is 9.47 Å². The van der Waals surface area contributed by atoms with Crippen molar-refractivity contribution in [2.24, 2.45) is 0 Å². The molecule has 0 radical (unpaired) electrons. The topological polar surface area (TPSA) is 64.5 Å². The minimum absolute atomic E-state index is 0.340. The first-order valence-electron chi connectivity index (χ1n) is 7.75. The summed E-state index contributed by atoms with van der Waals surface area (Å²) in [5.41, 5.74) is 0.133. The second kappa shape index (κ2) is 7.09. The summed E-state index contributed by atoms with van der Waals surface area (Å²) >= 11 is 7.17. The first kappa shape index (κ1) is 17.8. The monoisotopic (exact) mass is 379 g/mol. The molecule has 1 aromatic heterocycles. The van der Waals surface area contributed by atoms with E-state index in [1.807, 2.05) is 39.0 Å². The van der Waals surface area contributed by atoms with Crippen LogP contribution < -0.4 is 9.64 Å². The summed E-state index contributed by atoms with van der Waals surface area (Å²) in [5.74, 6) is 0.640. The van der Waals surface area contributed by atoms with Crippen LogP contribution in [-0.2, 0) is 4.74 Å². The minimum Gasteiger partial charge on any atom is -0.488 e. The molecule has 3 rings (SSSR count). The minimum atomic E-state index is -0.555. The molecule has 1 aromatic carbocycles. The van der Waals surface area contributed by atoms with Crippen molar-refractivity contribution in [1.29, 1.82) is 0 Å². The van der Waals surface area contributed by atoms with Crippen LogP contribution in [0.1, 0.15) is 20.8 Å². The van der Waals surface area contributed by atoms with Gasteiger partial charge in [0.2, 0.25) is 0 Å². The molecule has 2 heterocycles. The summed E-state index contributed by atoms with van der Waals surface area (Å²) in [6.45, 7) is 6.38. The lowest BCUT2D eigenvalue weighted by Gasteiger charge is -2.32. The van der Waals surface area contributed by atoms with Crippen molar-refractivity contribution < 1.29 is 14.3 Å². The summed E-state index contributed by atoms with van der Waals surface area (Å²) in [4.78, 5) is 23.2. The standard InChI is InChI=1S/C17H18ClN3O3S/c1-17(2,3)24-16(22)21-7-8-23-15-11(21)5-4-6-12(15)25-14-10-19-13(18)9-20-14/h4-6,9-10H,7-8H2,1-3H3. The van der Waals surface area contributed by atoms with Crippen molar-refractivity contribution in [2.75, 3.05) is 18.1 Å². The number of ether oxygens (including phenoxy) is 2. The van der Waals surface area contributed by atoms with E-state index in [-0.39, 0.29) is 6.09 Å². The highest BCUT2D eigenvalue weighted by atomic mass is 35.5. The molecule has 0 atom stereocenters. The van der Waals surface area contributed by atoms with Crippen molar-refractivity contribution in [3.8, 4) is 5.75 Å². The summed E-state index contributed by atoms with van der Waals surface area (Å²) in [6.07, 6.45) is 2.71. The van der Waals surface area contributed by atoms with Gasteiger partial charge in [-0.2, -0.15) is 0 Å². The lowest BCUT2D eigenvalue weighted by Crippen LogP contribution is -2.41. The molecule has 0 saturated heterocycles. The number of anilines is 1. The Hall–Kier alpha value is -1.99. The molecule has 8 heteroatoms. The van der Waals surface area contributed by atoms with Crippen molar-refractivity contribution in [3.05, 3.63) is 35.7 Å². The van der Waals surface area contributed by atoms with Gasteiger partial charge in [0.25, 0.3) is 0 Å². The fraction of sp³-hybridized carbons (Fsp3) is 0.353. The van der Waals surface area contributed by atoms with Crippen molar-refractivity contribution in [1.82, 2.24) is 9.97 Å². The number of hydrogen-bond donors (Lipinski definition) is 0. The number of hydrogen-bond acceptors (Lipinski definition) is 6. The number of amides is 1. The third-order valence-corrected chi connectivity index (χ3v) is 4.39. The van der Waals surface area contributed by atoms with Crippen LogP contribution in [0.2, 0.25) is 5.15 Å². The molecule has 2 aromatic rings. The van der Waals surface area contributed by atoms with E-state index in [0.29, 0.717) is 34.8 Å². The lowest BCUT2D eigenvalue weighted by molar-refractivity contribution is 0.0567. The molecule has 25 heavy (non-hydrogen) atoms. The van der Waals surface area contributed by atoms with Gasteiger partial charge in [-0.1, -0.05) is 29.4 Å². The molecule has 1 amide bonds. The molecule has 0 aliphatic carbocycles. The summed E-state index contributed by atoms with van der Waals surface area (Å²) in [7, 11) is 0. The van der Waals surface area contributed by atoms with Gasteiger partial charge in [-0.05, 0) is 32.9 Å². The van der Waals surface area contributed by atoms with Gasteiger partial charge in [-0.3, -0.25) is 4.90 Å². The van der Waals surface area contributed by atoms with Gasteiger partial charge in [0.1, 0.15) is 22.4 Å². The highest BCUT2D eigenvalue weighted by Crippen LogP contribution is 2.42. The maximum atomic E-state index is 12.5. The number of benzene rings is 1. The highest BCUT2D eigenvalue weighted by Gasteiger charge is 2.29. The largest absolute Gasteiger partial charge is 0.488 e. The second-order valence-electron chi connectivity index (χ2n) is 6.36. The second-order valence-corrected chi connectivity index (χ2v) is 7.81. The number of carbonyl (C=O) groups excluding carboxylic acids is 1. The Labute approximate surface area is 155 Å². The zero-order chi connectivity index (χ0) is 18.0. The molecule has 0 unspecified atom stereocenters. The van der Waals surface area contributed by atoms with E-state index in [1.54, 1.807) is 11.1 Å². The molecule has 1 aliphatic heterocycles. The zero-order valence-electron chi connectivity index (χ0n) is 14.2. The van der Waals surface area contributed by atoms with Crippen LogP contribution in [0.5, 0.6) is 5.75 Å². The van der Waals surface area contributed by atoms with Crippen LogP contribution in [0.4, 0.5) is 10.5 Å². The molecule has 6 nitrogen and oxygen atoms in total. The molecular weight excluding hydrogens is 362 g/mol. The van der Waals surface area contributed by atoms with E-state index in [9.17, 15) is 4.79 Å². The van der Waals surface area contributed by atoms with Gasteiger partial charge in [0.15, 0.2) is 5.75 Å². The number of para-hydroxylation sites is 1.